The van der Waals surface area contributed by atoms with Crippen molar-refractivity contribution >= 4 is 11.0 Å². The molecule has 0 saturated carbocycles. The lowest BCUT2D eigenvalue weighted by atomic mass is 9.97. The van der Waals surface area contributed by atoms with Crippen molar-refractivity contribution in [2.75, 3.05) is 7.11 Å². The Labute approximate surface area is 155 Å². The standard InChI is InChI=1S/C21H20O6/c1-11(2)4-6-14-20(16(24)9-17(25)21(14)26-3)19-10-15(23)13-7-5-12(22)8-18(13)27-19/h4-5,7-10,22,24-25H,6H2,1-3H3. The number of phenolic OH excluding ortho intramolecular Hbond substituents is 3. The van der Waals surface area contributed by atoms with E-state index < -0.39 is 0 Å². The van der Waals surface area contributed by atoms with E-state index in [1.54, 1.807) is 0 Å². The number of allylic oxidation sites excluding steroid dienone is 2. The van der Waals surface area contributed by atoms with Crippen molar-refractivity contribution in [3.63, 3.8) is 0 Å². The third-order valence-electron chi connectivity index (χ3n) is 4.22. The molecule has 1 heterocycles. The van der Waals surface area contributed by atoms with E-state index >= 15 is 0 Å². The van der Waals surface area contributed by atoms with Gasteiger partial charge in [-0.25, -0.2) is 0 Å². The van der Waals surface area contributed by atoms with Crippen molar-refractivity contribution in [2.24, 2.45) is 0 Å². The fourth-order valence-corrected chi connectivity index (χ4v) is 2.96. The number of hydrogen-bond acceptors (Lipinski definition) is 6. The Bertz CT molecular complexity index is 1100. The lowest BCUT2D eigenvalue weighted by molar-refractivity contribution is 0.366. The van der Waals surface area contributed by atoms with Crippen LogP contribution in [-0.2, 0) is 6.42 Å². The van der Waals surface area contributed by atoms with Crippen LogP contribution in [0.15, 0.2) is 51.2 Å². The van der Waals surface area contributed by atoms with Gasteiger partial charge in [0.1, 0.15) is 22.8 Å². The molecule has 3 N–H and O–H groups in total. The molecule has 2 aromatic carbocycles. The molecule has 3 rings (SSSR count). The average molecular weight is 368 g/mol. The molecule has 0 spiro atoms. The van der Waals surface area contributed by atoms with E-state index in [4.69, 9.17) is 9.15 Å². The molecule has 140 valence electrons. The van der Waals surface area contributed by atoms with Crippen LogP contribution in [0.5, 0.6) is 23.0 Å². The van der Waals surface area contributed by atoms with E-state index in [2.05, 4.69) is 0 Å². The highest BCUT2D eigenvalue weighted by molar-refractivity contribution is 5.82. The van der Waals surface area contributed by atoms with Crippen molar-refractivity contribution in [1.29, 1.82) is 0 Å². The van der Waals surface area contributed by atoms with Crippen molar-refractivity contribution in [1.82, 2.24) is 0 Å². The zero-order valence-electron chi connectivity index (χ0n) is 15.2. The zero-order valence-corrected chi connectivity index (χ0v) is 15.2. The van der Waals surface area contributed by atoms with E-state index in [1.165, 1.54) is 31.4 Å². The minimum absolute atomic E-state index is 0.0416. The van der Waals surface area contributed by atoms with Gasteiger partial charge in [-0.05, 0) is 32.4 Å². The topological polar surface area (TPSA) is 100 Å². The Morgan fingerprint density at radius 2 is 1.85 bits per heavy atom. The second kappa shape index (κ2) is 7.07. The molecule has 0 bridgehead atoms. The Morgan fingerprint density at radius 1 is 1.11 bits per heavy atom. The predicted molar refractivity (Wildman–Crippen MR) is 103 cm³/mol. The third-order valence-corrected chi connectivity index (χ3v) is 4.22. The molecule has 0 aliphatic carbocycles. The summed E-state index contributed by atoms with van der Waals surface area (Å²) in [6, 6.07) is 6.64. The van der Waals surface area contributed by atoms with Crippen molar-refractivity contribution in [3.8, 4) is 34.3 Å². The van der Waals surface area contributed by atoms with Gasteiger partial charge >= 0.3 is 0 Å². The van der Waals surface area contributed by atoms with Crippen LogP contribution in [0.3, 0.4) is 0 Å². The molecule has 0 atom stereocenters. The zero-order chi connectivity index (χ0) is 19.7. The van der Waals surface area contributed by atoms with E-state index in [9.17, 15) is 20.1 Å². The maximum Gasteiger partial charge on any atom is 0.193 e. The van der Waals surface area contributed by atoms with Gasteiger partial charge in [-0.1, -0.05) is 11.6 Å². The molecular weight excluding hydrogens is 348 g/mol. The molecule has 6 heteroatoms. The molecule has 0 amide bonds. The maximum absolute atomic E-state index is 12.5. The quantitative estimate of drug-likeness (QED) is 0.600. The monoisotopic (exact) mass is 368 g/mol. The Hall–Kier alpha value is -3.41. The van der Waals surface area contributed by atoms with Gasteiger partial charge < -0.3 is 24.5 Å². The van der Waals surface area contributed by atoms with Gasteiger partial charge in [0.15, 0.2) is 16.9 Å². The largest absolute Gasteiger partial charge is 0.508 e. The number of methoxy groups -OCH3 is 1. The van der Waals surface area contributed by atoms with Gasteiger partial charge in [-0.15, -0.1) is 0 Å². The van der Waals surface area contributed by atoms with Gasteiger partial charge in [-0.2, -0.15) is 0 Å². The Morgan fingerprint density at radius 3 is 2.52 bits per heavy atom. The highest BCUT2D eigenvalue weighted by Crippen LogP contribution is 2.44. The van der Waals surface area contributed by atoms with Crippen molar-refractivity contribution in [2.45, 2.75) is 20.3 Å². The summed E-state index contributed by atoms with van der Waals surface area (Å²) in [6.45, 7) is 3.85. The third kappa shape index (κ3) is 3.46. The van der Waals surface area contributed by atoms with Gasteiger partial charge in [0.2, 0.25) is 0 Å². The van der Waals surface area contributed by atoms with E-state index in [0.717, 1.165) is 11.6 Å². The summed E-state index contributed by atoms with van der Waals surface area (Å²) in [7, 11) is 1.41. The number of aromatic hydroxyl groups is 3. The number of phenols is 3. The molecule has 0 radical (unpaired) electrons. The lowest BCUT2D eigenvalue weighted by Gasteiger charge is -2.16. The summed E-state index contributed by atoms with van der Waals surface area (Å²) in [5.74, 6) is -0.185. The molecule has 0 saturated heterocycles. The van der Waals surface area contributed by atoms with Crippen molar-refractivity contribution < 1.29 is 24.5 Å². The van der Waals surface area contributed by atoms with Crippen LogP contribution >= 0.6 is 0 Å². The van der Waals surface area contributed by atoms with E-state index in [0.29, 0.717) is 17.4 Å². The molecule has 6 nitrogen and oxygen atoms in total. The highest BCUT2D eigenvalue weighted by atomic mass is 16.5. The number of hydrogen-bond donors (Lipinski definition) is 3. The molecule has 27 heavy (non-hydrogen) atoms. The normalized spacial score (nSPS) is 10.8. The Kier molecular flexibility index (Phi) is 4.81. The van der Waals surface area contributed by atoms with Crippen LogP contribution in [-0.4, -0.2) is 22.4 Å². The summed E-state index contributed by atoms with van der Waals surface area (Å²) >= 11 is 0. The van der Waals surface area contributed by atoms with Crippen LogP contribution in [0.2, 0.25) is 0 Å². The summed E-state index contributed by atoms with van der Waals surface area (Å²) in [4.78, 5) is 12.5. The number of fused-ring (bicyclic) bond motifs is 1. The first-order chi connectivity index (χ1) is 12.8. The first kappa shape index (κ1) is 18.4. The SMILES string of the molecule is COc1c(O)cc(O)c(-c2cc(=O)c3ccc(O)cc3o2)c1CC=C(C)C. The second-order valence-electron chi connectivity index (χ2n) is 6.44. The van der Waals surface area contributed by atoms with Gasteiger partial charge in [0.05, 0.1) is 18.1 Å². The fraction of sp³-hybridized carbons (Fsp3) is 0.190. The van der Waals surface area contributed by atoms with Crippen molar-refractivity contribution in [3.05, 3.63) is 57.8 Å². The maximum atomic E-state index is 12.5. The van der Waals surface area contributed by atoms with Crippen LogP contribution in [0.4, 0.5) is 0 Å². The van der Waals surface area contributed by atoms with Crippen LogP contribution < -0.4 is 10.2 Å². The van der Waals surface area contributed by atoms with Gasteiger partial charge in [-0.3, -0.25) is 4.79 Å². The predicted octanol–water partition coefficient (Wildman–Crippen LogP) is 4.09. The minimum Gasteiger partial charge on any atom is -0.508 e. The number of benzene rings is 2. The first-order valence-electron chi connectivity index (χ1n) is 8.34. The number of ether oxygens (including phenoxy) is 1. The summed E-state index contributed by atoms with van der Waals surface area (Å²) < 4.78 is 11.1. The lowest BCUT2D eigenvalue weighted by Crippen LogP contribution is -2.02. The Balaban J connectivity index is 2.35. The van der Waals surface area contributed by atoms with Crippen LogP contribution in [0.25, 0.3) is 22.3 Å². The second-order valence-corrected chi connectivity index (χ2v) is 6.44. The van der Waals surface area contributed by atoms with E-state index in [1.807, 2.05) is 19.9 Å². The molecule has 1 aromatic heterocycles. The summed E-state index contributed by atoms with van der Waals surface area (Å²) in [6.07, 6.45) is 2.26. The minimum atomic E-state index is -0.314. The average Bonchev–Trinajstić information content (AvgIpc) is 2.59. The first-order valence-corrected chi connectivity index (χ1v) is 8.34. The summed E-state index contributed by atoms with van der Waals surface area (Å²) in [5, 5.41) is 30.6. The molecule has 0 aliphatic heterocycles. The van der Waals surface area contributed by atoms with Crippen LogP contribution in [0, 0.1) is 0 Å². The van der Waals surface area contributed by atoms with E-state index in [-0.39, 0.29) is 45.3 Å². The molecule has 3 aromatic rings. The summed E-state index contributed by atoms with van der Waals surface area (Å²) in [5.41, 5.74) is 1.65. The molecular formula is C21H20O6. The molecule has 0 unspecified atom stereocenters. The van der Waals surface area contributed by atoms with Gasteiger partial charge in [0, 0.05) is 23.8 Å². The molecule has 0 fully saturated rings. The smallest absolute Gasteiger partial charge is 0.193 e. The molecule has 0 aliphatic rings. The number of rotatable bonds is 4. The fourth-order valence-electron chi connectivity index (χ4n) is 2.96. The van der Waals surface area contributed by atoms with Gasteiger partial charge in [0.25, 0.3) is 0 Å². The van der Waals surface area contributed by atoms with Crippen LogP contribution in [0.1, 0.15) is 19.4 Å². The highest BCUT2D eigenvalue weighted by Gasteiger charge is 2.22.